The van der Waals surface area contributed by atoms with Crippen molar-refractivity contribution in [2.75, 3.05) is 5.75 Å². The maximum absolute atomic E-state index is 12.9. The van der Waals surface area contributed by atoms with Gasteiger partial charge in [-0.05, 0) is 23.8 Å². The van der Waals surface area contributed by atoms with Crippen LogP contribution in [0.3, 0.4) is 0 Å². The second-order valence-corrected chi connectivity index (χ2v) is 5.37. The highest BCUT2D eigenvalue weighted by atomic mass is 79.9. The van der Waals surface area contributed by atoms with Crippen LogP contribution in [0.1, 0.15) is 12.5 Å². The van der Waals surface area contributed by atoms with Gasteiger partial charge in [0, 0.05) is 16.0 Å². The van der Waals surface area contributed by atoms with Crippen LogP contribution in [0.2, 0.25) is 0 Å². The number of rotatable bonds is 5. The Morgan fingerprint density at radius 3 is 2.94 bits per heavy atom. The van der Waals surface area contributed by atoms with Gasteiger partial charge >= 0.3 is 5.97 Å². The van der Waals surface area contributed by atoms with Crippen molar-refractivity contribution in [2.24, 2.45) is 5.92 Å². The zero-order valence-corrected chi connectivity index (χ0v) is 11.1. The van der Waals surface area contributed by atoms with E-state index < -0.39 is 5.97 Å². The van der Waals surface area contributed by atoms with Gasteiger partial charge in [-0.2, -0.15) is 11.8 Å². The van der Waals surface area contributed by atoms with Gasteiger partial charge in [-0.1, -0.05) is 22.9 Å². The molecule has 0 radical (unpaired) electrons. The van der Waals surface area contributed by atoms with E-state index in [4.69, 9.17) is 5.11 Å². The fraction of sp³-hybridized carbons (Fsp3) is 0.364. The van der Waals surface area contributed by atoms with Gasteiger partial charge in [-0.25, -0.2) is 4.39 Å². The smallest absolute Gasteiger partial charge is 0.307 e. The summed E-state index contributed by atoms with van der Waals surface area (Å²) in [5.41, 5.74) is 0.850. The molecule has 0 saturated carbocycles. The number of carbonyl (C=O) groups is 1. The van der Waals surface area contributed by atoms with E-state index >= 15 is 0 Å². The van der Waals surface area contributed by atoms with Crippen molar-refractivity contribution in [1.82, 2.24) is 0 Å². The molecule has 1 atom stereocenters. The van der Waals surface area contributed by atoms with Crippen LogP contribution in [0, 0.1) is 11.7 Å². The molecule has 0 spiro atoms. The molecule has 1 N–H and O–H groups in total. The third-order valence-corrected chi connectivity index (χ3v) is 4.08. The van der Waals surface area contributed by atoms with Crippen LogP contribution in [0.4, 0.5) is 4.39 Å². The molecule has 0 aliphatic heterocycles. The van der Waals surface area contributed by atoms with Crippen molar-refractivity contribution in [2.45, 2.75) is 12.7 Å². The number of hydrogen-bond acceptors (Lipinski definition) is 2. The summed E-state index contributed by atoms with van der Waals surface area (Å²) in [5.74, 6) is -0.318. The monoisotopic (exact) mass is 306 g/mol. The van der Waals surface area contributed by atoms with Crippen LogP contribution in [-0.4, -0.2) is 16.8 Å². The topological polar surface area (TPSA) is 37.3 Å². The molecule has 1 unspecified atom stereocenters. The third-order valence-electron chi connectivity index (χ3n) is 2.05. The third kappa shape index (κ3) is 4.14. The molecule has 1 aromatic carbocycles. The van der Waals surface area contributed by atoms with E-state index in [2.05, 4.69) is 15.9 Å². The summed E-state index contributed by atoms with van der Waals surface area (Å²) < 4.78 is 13.8. The highest BCUT2D eigenvalue weighted by Crippen LogP contribution is 2.23. The second kappa shape index (κ2) is 6.25. The van der Waals surface area contributed by atoms with E-state index in [-0.39, 0.29) is 11.7 Å². The quantitative estimate of drug-likeness (QED) is 0.904. The normalized spacial score (nSPS) is 12.4. The van der Waals surface area contributed by atoms with Crippen molar-refractivity contribution in [3.05, 3.63) is 34.1 Å². The lowest BCUT2D eigenvalue weighted by Crippen LogP contribution is -2.11. The molecule has 0 aromatic heterocycles. The van der Waals surface area contributed by atoms with Crippen LogP contribution in [0.25, 0.3) is 0 Å². The minimum absolute atomic E-state index is 0.273. The van der Waals surface area contributed by atoms with Crippen molar-refractivity contribution >= 4 is 33.7 Å². The summed E-state index contributed by atoms with van der Waals surface area (Å²) >= 11 is 4.82. The maximum Gasteiger partial charge on any atom is 0.307 e. The number of carboxylic acid groups (broad SMARTS) is 1. The lowest BCUT2D eigenvalue weighted by molar-refractivity contribution is -0.140. The molecular weight excluding hydrogens is 295 g/mol. The van der Waals surface area contributed by atoms with Crippen LogP contribution in [0.15, 0.2) is 22.7 Å². The zero-order valence-electron chi connectivity index (χ0n) is 8.74. The molecule has 0 fully saturated rings. The molecule has 2 nitrogen and oxygen atoms in total. The van der Waals surface area contributed by atoms with Gasteiger partial charge in [-0.3, -0.25) is 4.79 Å². The first kappa shape index (κ1) is 13.5. The van der Waals surface area contributed by atoms with E-state index in [0.29, 0.717) is 11.5 Å². The van der Waals surface area contributed by atoms with Gasteiger partial charge in [0.05, 0.1) is 5.92 Å². The second-order valence-electron chi connectivity index (χ2n) is 3.49. The lowest BCUT2D eigenvalue weighted by atomic mass is 10.2. The fourth-order valence-electron chi connectivity index (χ4n) is 1.07. The van der Waals surface area contributed by atoms with E-state index in [1.165, 1.54) is 23.9 Å². The van der Waals surface area contributed by atoms with Gasteiger partial charge in [0.2, 0.25) is 0 Å². The number of benzene rings is 1. The Morgan fingerprint density at radius 2 is 2.31 bits per heavy atom. The number of carboxylic acids is 1. The summed E-state index contributed by atoms with van der Waals surface area (Å²) in [6, 6.07) is 4.51. The summed E-state index contributed by atoms with van der Waals surface area (Å²) in [4.78, 5) is 10.6. The molecule has 0 saturated heterocycles. The van der Waals surface area contributed by atoms with Crippen molar-refractivity contribution in [3.63, 3.8) is 0 Å². The zero-order chi connectivity index (χ0) is 12.1. The predicted octanol–water partition coefficient (Wildman–Crippen LogP) is 3.54. The van der Waals surface area contributed by atoms with E-state index in [1.54, 1.807) is 13.0 Å². The largest absolute Gasteiger partial charge is 0.481 e. The van der Waals surface area contributed by atoms with Crippen molar-refractivity contribution in [1.29, 1.82) is 0 Å². The first-order chi connectivity index (χ1) is 7.50. The minimum atomic E-state index is -0.800. The number of halogens is 2. The van der Waals surface area contributed by atoms with Crippen LogP contribution in [-0.2, 0) is 10.5 Å². The standard InChI is InChI=1S/C11H12BrFO2S/c1-7(11(14)15)5-16-6-8-4-9(13)2-3-10(8)12/h2-4,7H,5-6H2,1H3,(H,14,15). The van der Waals surface area contributed by atoms with Gasteiger partial charge in [0.25, 0.3) is 0 Å². The average molecular weight is 307 g/mol. The SMILES string of the molecule is CC(CSCc1cc(F)ccc1Br)C(=O)O. The molecule has 0 bridgehead atoms. The summed E-state index contributed by atoms with van der Waals surface area (Å²) in [5, 5.41) is 8.70. The van der Waals surface area contributed by atoms with E-state index in [1.807, 2.05) is 0 Å². The molecule has 5 heteroatoms. The molecule has 0 aliphatic rings. The fourth-order valence-corrected chi connectivity index (χ4v) is 2.72. The Kier molecular flexibility index (Phi) is 5.28. The molecule has 0 heterocycles. The number of thioether (sulfide) groups is 1. The Bertz CT molecular complexity index is 384. The first-order valence-corrected chi connectivity index (χ1v) is 6.70. The molecule has 0 amide bonds. The minimum Gasteiger partial charge on any atom is -0.481 e. The molecular formula is C11H12BrFO2S. The molecule has 1 rings (SSSR count). The average Bonchev–Trinajstić information content (AvgIpc) is 2.22. The summed E-state index contributed by atoms with van der Waals surface area (Å²) in [6.45, 7) is 1.66. The number of aliphatic carboxylic acids is 1. The Labute approximate surface area is 106 Å². The summed E-state index contributed by atoms with van der Waals surface area (Å²) in [6.07, 6.45) is 0. The van der Waals surface area contributed by atoms with Gasteiger partial charge in [0.15, 0.2) is 0 Å². The Balaban J connectivity index is 2.48. The van der Waals surface area contributed by atoms with Gasteiger partial charge in [-0.15, -0.1) is 0 Å². The lowest BCUT2D eigenvalue weighted by Gasteiger charge is -2.07. The first-order valence-electron chi connectivity index (χ1n) is 4.75. The maximum atomic E-state index is 12.9. The van der Waals surface area contributed by atoms with Crippen LogP contribution >= 0.6 is 27.7 Å². The van der Waals surface area contributed by atoms with Crippen LogP contribution < -0.4 is 0 Å². The van der Waals surface area contributed by atoms with E-state index in [0.717, 1.165) is 10.0 Å². The highest BCUT2D eigenvalue weighted by molar-refractivity contribution is 9.10. The Hall–Kier alpha value is -0.550. The number of hydrogen-bond donors (Lipinski definition) is 1. The molecule has 1 aromatic rings. The molecule has 16 heavy (non-hydrogen) atoms. The highest BCUT2D eigenvalue weighted by Gasteiger charge is 2.11. The Morgan fingerprint density at radius 1 is 1.62 bits per heavy atom. The van der Waals surface area contributed by atoms with Gasteiger partial charge < -0.3 is 5.11 Å². The van der Waals surface area contributed by atoms with E-state index in [9.17, 15) is 9.18 Å². The van der Waals surface area contributed by atoms with Crippen LogP contribution in [0.5, 0.6) is 0 Å². The van der Waals surface area contributed by atoms with Gasteiger partial charge in [0.1, 0.15) is 5.82 Å². The van der Waals surface area contributed by atoms with Crippen molar-refractivity contribution < 1.29 is 14.3 Å². The van der Waals surface area contributed by atoms with Crippen molar-refractivity contribution in [3.8, 4) is 0 Å². The molecule has 88 valence electrons. The summed E-state index contributed by atoms with van der Waals surface area (Å²) in [7, 11) is 0. The predicted molar refractivity (Wildman–Crippen MR) is 67.1 cm³/mol. The molecule has 0 aliphatic carbocycles.